The molecule has 6 heteroatoms. The minimum Gasteiger partial charge on any atom is -0.480 e. The molecule has 1 unspecified atom stereocenters. The molecule has 0 aliphatic carbocycles. The van der Waals surface area contributed by atoms with Crippen LogP contribution >= 0.6 is 0 Å². The number of carboxylic acids is 1. The van der Waals surface area contributed by atoms with Crippen LogP contribution in [0.3, 0.4) is 0 Å². The summed E-state index contributed by atoms with van der Waals surface area (Å²) in [4.78, 5) is 43.2. The average Bonchev–Trinajstić information content (AvgIpc) is 2.97. The van der Waals surface area contributed by atoms with Crippen molar-refractivity contribution in [1.29, 1.82) is 0 Å². The Bertz CT molecular complexity index is 1500. The highest BCUT2D eigenvalue weighted by Crippen LogP contribution is 2.23. The van der Waals surface area contributed by atoms with Gasteiger partial charge in [-0.25, -0.2) is 4.79 Å². The van der Waals surface area contributed by atoms with Gasteiger partial charge in [0, 0.05) is 43.3 Å². The molecule has 202 valence electrons. The third-order valence-corrected chi connectivity index (χ3v) is 6.60. The van der Waals surface area contributed by atoms with Crippen molar-refractivity contribution < 1.29 is 19.5 Å². The van der Waals surface area contributed by atoms with E-state index in [4.69, 9.17) is 0 Å². The maximum absolute atomic E-state index is 12.7. The number of nitrogens with zero attached hydrogens (tertiary/aromatic N) is 2. The van der Waals surface area contributed by atoms with E-state index in [0.29, 0.717) is 23.4 Å². The van der Waals surface area contributed by atoms with Crippen LogP contribution in [0.1, 0.15) is 45.2 Å². The lowest BCUT2D eigenvalue weighted by atomic mass is 9.99. The van der Waals surface area contributed by atoms with E-state index in [1.807, 2.05) is 78.9 Å². The van der Waals surface area contributed by atoms with E-state index in [9.17, 15) is 19.5 Å². The molecule has 0 saturated carbocycles. The molecule has 0 spiro atoms. The van der Waals surface area contributed by atoms with E-state index in [2.05, 4.69) is 11.1 Å². The maximum atomic E-state index is 12.7. The van der Waals surface area contributed by atoms with Gasteiger partial charge in [-0.1, -0.05) is 91.0 Å². The van der Waals surface area contributed by atoms with Gasteiger partial charge >= 0.3 is 5.97 Å². The predicted molar refractivity (Wildman–Crippen MR) is 158 cm³/mol. The van der Waals surface area contributed by atoms with E-state index in [-0.39, 0.29) is 24.5 Å². The van der Waals surface area contributed by atoms with Crippen molar-refractivity contribution in [2.24, 2.45) is 4.99 Å². The Hall–Kier alpha value is -4.84. The van der Waals surface area contributed by atoms with Crippen molar-refractivity contribution >= 4 is 23.4 Å². The second-order valence-corrected chi connectivity index (χ2v) is 9.81. The molecule has 6 nitrogen and oxygen atoms in total. The fraction of sp³-hybridized carbons (Fsp3) is 0.176. The Morgan fingerprint density at radius 2 is 1.38 bits per heavy atom. The number of carboxylic acid groups (broad SMARTS) is 1. The zero-order valence-electron chi connectivity index (χ0n) is 22.7. The van der Waals surface area contributed by atoms with Crippen molar-refractivity contribution in [1.82, 2.24) is 4.90 Å². The van der Waals surface area contributed by atoms with Gasteiger partial charge in [-0.3, -0.25) is 14.6 Å². The molecule has 0 aliphatic rings. The van der Waals surface area contributed by atoms with Crippen LogP contribution in [0.4, 0.5) is 0 Å². The van der Waals surface area contributed by atoms with Crippen molar-refractivity contribution in [3.63, 3.8) is 0 Å². The SMILES string of the molecule is CC(CC(=O)c1ccccc1)=NC(Cc1ccc(-c2cccc(CN(C)C(=O)c3ccccc3)c2)cc1)C(=O)O. The summed E-state index contributed by atoms with van der Waals surface area (Å²) in [6.45, 7) is 2.17. The number of aliphatic imine (C=N–C) groups is 1. The highest BCUT2D eigenvalue weighted by atomic mass is 16.4. The summed E-state index contributed by atoms with van der Waals surface area (Å²) >= 11 is 0. The molecule has 0 aliphatic heterocycles. The van der Waals surface area contributed by atoms with Crippen LogP contribution in [0.25, 0.3) is 11.1 Å². The minimum atomic E-state index is -1.03. The summed E-state index contributed by atoms with van der Waals surface area (Å²) < 4.78 is 0. The fourth-order valence-electron chi connectivity index (χ4n) is 4.51. The Balaban J connectivity index is 1.41. The molecule has 40 heavy (non-hydrogen) atoms. The second-order valence-electron chi connectivity index (χ2n) is 9.81. The number of hydrogen-bond acceptors (Lipinski definition) is 4. The van der Waals surface area contributed by atoms with Crippen LogP contribution in [0, 0.1) is 0 Å². The summed E-state index contributed by atoms with van der Waals surface area (Å²) in [6, 6.07) is 32.9. The fourth-order valence-corrected chi connectivity index (χ4v) is 4.51. The van der Waals surface area contributed by atoms with Crippen LogP contribution in [0.5, 0.6) is 0 Å². The van der Waals surface area contributed by atoms with Gasteiger partial charge in [-0.15, -0.1) is 0 Å². The van der Waals surface area contributed by atoms with Gasteiger partial charge in [-0.05, 0) is 47.4 Å². The molecule has 1 N–H and O–H groups in total. The smallest absolute Gasteiger partial charge is 0.328 e. The molecule has 4 aromatic rings. The molecule has 0 bridgehead atoms. The highest BCUT2D eigenvalue weighted by molar-refractivity contribution is 6.09. The molecule has 0 radical (unpaired) electrons. The van der Waals surface area contributed by atoms with E-state index < -0.39 is 12.0 Å². The normalized spacial score (nSPS) is 12.0. The molecule has 0 fully saturated rings. The first-order valence-electron chi connectivity index (χ1n) is 13.1. The molecule has 1 amide bonds. The summed E-state index contributed by atoms with van der Waals surface area (Å²) in [5.74, 6) is -1.16. The lowest BCUT2D eigenvalue weighted by molar-refractivity contribution is -0.138. The van der Waals surface area contributed by atoms with Gasteiger partial charge in [0.2, 0.25) is 0 Å². The summed E-state index contributed by atoms with van der Waals surface area (Å²) in [5, 5.41) is 9.76. The van der Waals surface area contributed by atoms with Gasteiger partial charge in [0.25, 0.3) is 5.91 Å². The summed E-state index contributed by atoms with van der Waals surface area (Å²) in [7, 11) is 1.79. The summed E-state index contributed by atoms with van der Waals surface area (Å²) in [6.07, 6.45) is 0.300. The van der Waals surface area contributed by atoms with E-state index in [1.165, 1.54) is 0 Å². The Morgan fingerprint density at radius 1 is 0.750 bits per heavy atom. The standard InChI is InChI=1S/C34H32N2O4/c1-24(20-32(37)28-11-5-3-6-12-28)35-31(34(39)40)22-25-16-18-27(19-17-25)30-15-9-10-26(21-30)23-36(2)33(38)29-13-7-4-8-14-29/h3-19,21,31H,20,22-23H2,1-2H3,(H,39,40). The third kappa shape index (κ3) is 7.60. The number of benzene rings is 4. The van der Waals surface area contributed by atoms with E-state index >= 15 is 0 Å². The van der Waals surface area contributed by atoms with Gasteiger partial charge in [-0.2, -0.15) is 0 Å². The van der Waals surface area contributed by atoms with Crippen molar-refractivity contribution in [3.8, 4) is 11.1 Å². The lowest BCUT2D eigenvalue weighted by Crippen LogP contribution is -2.26. The third-order valence-electron chi connectivity index (χ3n) is 6.60. The largest absolute Gasteiger partial charge is 0.480 e. The number of carbonyl (C=O) groups excluding carboxylic acids is 2. The topological polar surface area (TPSA) is 87.0 Å². The van der Waals surface area contributed by atoms with Crippen molar-refractivity contribution in [3.05, 3.63) is 131 Å². The molecule has 4 rings (SSSR count). The van der Waals surface area contributed by atoms with Crippen LogP contribution in [0.15, 0.2) is 114 Å². The van der Waals surface area contributed by atoms with E-state index in [1.54, 1.807) is 43.1 Å². The maximum Gasteiger partial charge on any atom is 0.328 e. The molecular formula is C34H32N2O4. The zero-order chi connectivity index (χ0) is 28.5. The monoisotopic (exact) mass is 532 g/mol. The van der Waals surface area contributed by atoms with Crippen LogP contribution < -0.4 is 0 Å². The molecule has 1 atom stereocenters. The number of rotatable bonds is 11. The van der Waals surface area contributed by atoms with Crippen LogP contribution in [-0.2, 0) is 17.8 Å². The molecule has 0 aromatic heterocycles. The van der Waals surface area contributed by atoms with E-state index in [0.717, 1.165) is 22.3 Å². The van der Waals surface area contributed by atoms with Crippen molar-refractivity contribution in [2.75, 3.05) is 7.05 Å². The number of carbonyl (C=O) groups is 3. The molecule has 4 aromatic carbocycles. The number of Topliss-reactive ketones (excluding diaryl/α,β-unsaturated/α-hetero) is 1. The Labute approximate surface area is 234 Å². The second kappa shape index (κ2) is 13.3. The average molecular weight is 533 g/mol. The van der Waals surface area contributed by atoms with Crippen molar-refractivity contribution in [2.45, 2.75) is 32.4 Å². The van der Waals surface area contributed by atoms with Crippen LogP contribution in [-0.4, -0.2) is 46.5 Å². The molecule has 0 heterocycles. The van der Waals surface area contributed by atoms with Gasteiger partial charge in [0.1, 0.15) is 0 Å². The number of ketones is 1. The Kier molecular flexibility index (Phi) is 9.36. The molecule has 0 saturated heterocycles. The summed E-state index contributed by atoms with van der Waals surface area (Å²) in [5.41, 5.74) is 5.57. The first-order chi connectivity index (χ1) is 19.3. The molecular weight excluding hydrogens is 500 g/mol. The van der Waals surface area contributed by atoms with Crippen LogP contribution in [0.2, 0.25) is 0 Å². The van der Waals surface area contributed by atoms with Gasteiger partial charge in [0.15, 0.2) is 11.8 Å². The highest BCUT2D eigenvalue weighted by Gasteiger charge is 2.18. The Morgan fingerprint density at radius 3 is 2.00 bits per heavy atom. The quantitative estimate of drug-likeness (QED) is 0.180. The predicted octanol–water partition coefficient (Wildman–Crippen LogP) is 6.36. The first-order valence-corrected chi connectivity index (χ1v) is 13.1. The van der Waals surface area contributed by atoms with Gasteiger partial charge < -0.3 is 10.0 Å². The number of aliphatic carboxylic acids is 1. The first kappa shape index (κ1) is 28.2. The lowest BCUT2D eigenvalue weighted by Gasteiger charge is -2.18. The van der Waals surface area contributed by atoms with Gasteiger partial charge in [0.05, 0.1) is 0 Å². The zero-order valence-corrected chi connectivity index (χ0v) is 22.7. The number of hydrogen-bond donors (Lipinski definition) is 1. The number of amides is 1. The minimum absolute atomic E-state index is 0.0364.